The fourth-order valence-electron chi connectivity index (χ4n) is 4.09. The maximum atomic E-state index is 11.9. The second-order valence-electron chi connectivity index (χ2n) is 9.55. The zero-order valence-electron chi connectivity index (χ0n) is 21.1. The minimum absolute atomic E-state index is 0.114. The maximum Gasteiger partial charge on any atom is 0.161 e. The highest BCUT2D eigenvalue weighted by Crippen LogP contribution is 2.31. The van der Waals surface area contributed by atoms with Crippen LogP contribution in [0.1, 0.15) is 59.4 Å². The van der Waals surface area contributed by atoms with Crippen LogP contribution in [-0.2, 0) is 16.0 Å². The molecule has 1 aromatic carbocycles. The Kier molecular flexibility index (Phi) is 12.9. The van der Waals surface area contributed by atoms with Crippen LogP contribution in [0.25, 0.3) is 0 Å². The van der Waals surface area contributed by atoms with Gasteiger partial charge < -0.3 is 25.1 Å². The van der Waals surface area contributed by atoms with Gasteiger partial charge in [0.15, 0.2) is 11.5 Å². The Morgan fingerprint density at radius 3 is 2.25 bits per heavy atom. The van der Waals surface area contributed by atoms with Crippen LogP contribution in [0.15, 0.2) is 18.2 Å². The molecule has 0 heterocycles. The number of carbonyl (C=O) groups is 1. The van der Waals surface area contributed by atoms with Gasteiger partial charge in [-0.3, -0.25) is 4.79 Å². The van der Waals surface area contributed by atoms with E-state index in [0.29, 0.717) is 43.6 Å². The second-order valence-corrected chi connectivity index (χ2v) is 9.55. The summed E-state index contributed by atoms with van der Waals surface area (Å²) in [5.74, 6) is 2.28. The maximum absolute atomic E-state index is 11.9. The zero-order chi connectivity index (χ0) is 24.3. The lowest BCUT2D eigenvalue weighted by atomic mass is 9.80. The van der Waals surface area contributed by atoms with Crippen molar-refractivity contribution < 1.29 is 24.1 Å². The van der Waals surface area contributed by atoms with Crippen molar-refractivity contribution in [1.29, 1.82) is 0 Å². The molecule has 32 heavy (non-hydrogen) atoms. The molecule has 0 aliphatic rings. The van der Waals surface area contributed by atoms with Crippen molar-refractivity contribution in [3.8, 4) is 11.5 Å². The molecule has 0 fully saturated rings. The number of nitrogens with two attached hydrogens (primary N) is 1. The van der Waals surface area contributed by atoms with Gasteiger partial charge in [0.05, 0.1) is 19.8 Å². The van der Waals surface area contributed by atoms with Gasteiger partial charge in [-0.05, 0) is 61.6 Å². The van der Waals surface area contributed by atoms with E-state index in [2.05, 4.69) is 19.9 Å². The average Bonchev–Trinajstić information content (AvgIpc) is 2.73. The molecule has 0 amide bonds. The Labute approximate surface area is 194 Å². The Bertz CT molecular complexity index is 676. The van der Waals surface area contributed by atoms with Crippen LogP contribution >= 0.6 is 0 Å². The second kappa shape index (κ2) is 14.5. The van der Waals surface area contributed by atoms with Crippen molar-refractivity contribution in [2.24, 2.45) is 29.4 Å². The Morgan fingerprint density at radius 2 is 1.72 bits per heavy atom. The molecular weight excluding hydrogens is 406 g/mol. The van der Waals surface area contributed by atoms with Gasteiger partial charge in [-0.1, -0.05) is 33.8 Å². The van der Waals surface area contributed by atoms with Crippen molar-refractivity contribution in [3.05, 3.63) is 23.8 Å². The first-order valence-electron chi connectivity index (χ1n) is 11.8. The number of aliphatic hydroxyl groups excluding tert-OH is 1. The molecule has 0 aliphatic heterocycles. The Hall–Kier alpha value is -1.63. The van der Waals surface area contributed by atoms with Crippen molar-refractivity contribution in [1.82, 2.24) is 0 Å². The summed E-state index contributed by atoms with van der Waals surface area (Å²) in [6, 6.07) is 5.66. The van der Waals surface area contributed by atoms with Gasteiger partial charge in [-0.2, -0.15) is 0 Å². The van der Waals surface area contributed by atoms with Crippen LogP contribution in [-0.4, -0.2) is 50.5 Å². The molecule has 6 heteroatoms. The molecule has 1 unspecified atom stereocenters. The molecule has 1 aromatic rings. The van der Waals surface area contributed by atoms with Crippen LogP contribution in [0.5, 0.6) is 11.5 Å². The number of aliphatic hydroxyl groups is 1. The Morgan fingerprint density at radius 1 is 1.03 bits per heavy atom. The lowest BCUT2D eigenvalue weighted by molar-refractivity contribution is -0.123. The van der Waals surface area contributed by atoms with E-state index < -0.39 is 6.10 Å². The summed E-state index contributed by atoms with van der Waals surface area (Å²) < 4.78 is 16.4. The van der Waals surface area contributed by atoms with Gasteiger partial charge in [0.25, 0.3) is 0 Å². The predicted octanol–water partition coefficient (Wildman–Crippen LogP) is 4.25. The molecule has 1 rings (SSSR count). The summed E-state index contributed by atoms with van der Waals surface area (Å²) in [7, 11) is 3.32. The molecule has 4 atom stereocenters. The van der Waals surface area contributed by atoms with E-state index >= 15 is 0 Å². The van der Waals surface area contributed by atoms with Crippen LogP contribution in [0.2, 0.25) is 0 Å². The number of hydrogen-bond donors (Lipinski definition) is 2. The number of hydrogen-bond acceptors (Lipinski definition) is 6. The van der Waals surface area contributed by atoms with E-state index in [0.717, 1.165) is 24.2 Å². The van der Waals surface area contributed by atoms with Gasteiger partial charge in [-0.25, -0.2) is 0 Å². The smallest absolute Gasteiger partial charge is 0.161 e. The van der Waals surface area contributed by atoms with E-state index in [9.17, 15) is 9.90 Å². The highest BCUT2D eigenvalue weighted by molar-refractivity contribution is 5.78. The summed E-state index contributed by atoms with van der Waals surface area (Å²) in [5, 5.41) is 10.7. The van der Waals surface area contributed by atoms with Gasteiger partial charge in [-0.15, -0.1) is 0 Å². The summed E-state index contributed by atoms with van der Waals surface area (Å²) in [4.78, 5) is 11.9. The third-order valence-corrected chi connectivity index (χ3v) is 6.31. The molecule has 0 saturated heterocycles. The van der Waals surface area contributed by atoms with E-state index in [4.69, 9.17) is 19.9 Å². The van der Waals surface area contributed by atoms with E-state index in [1.165, 1.54) is 0 Å². The molecular formula is C26H45NO5. The highest BCUT2D eigenvalue weighted by Gasteiger charge is 2.28. The summed E-state index contributed by atoms with van der Waals surface area (Å²) >= 11 is 0. The molecule has 3 N–H and O–H groups in total. The van der Waals surface area contributed by atoms with E-state index in [1.54, 1.807) is 21.1 Å². The lowest BCUT2D eigenvalue weighted by Gasteiger charge is -2.29. The van der Waals surface area contributed by atoms with Gasteiger partial charge in [0, 0.05) is 32.1 Å². The predicted molar refractivity (Wildman–Crippen MR) is 129 cm³/mol. The Balaban J connectivity index is 2.84. The number of Topliss-reactive ketones (excluding diaryl/α,β-unsaturated/α-hetero) is 1. The minimum Gasteiger partial charge on any atom is -0.493 e. The molecule has 0 bridgehead atoms. The fourth-order valence-corrected chi connectivity index (χ4v) is 4.09. The quantitative estimate of drug-likeness (QED) is 0.365. The highest BCUT2D eigenvalue weighted by atomic mass is 16.5. The van der Waals surface area contributed by atoms with E-state index in [1.807, 2.05) is 26.0 Å². The van der Waals surface area contributed by atoms with Crippen molar-refractivity contribution >= 4 is 5.78 Å². The molecule has 0 radical (unpaired) electrons. The van der Waals surface area contributed by atoms with Crippen molar-refractivity contribution in [2.45, 2.75) is 72.4 Å². The number of ketones is 1. The first-order chi connectivity index (χ1) is 15.1. The first kappa shape index (κ1) is 28.4. The number of ether oxygens (including phenoxy) is 3. The number of carbonyl (C=O) groups excluding carboxylic acids is 1. The van der Waals surface area contributed by atoms with Crippen LogP contribution in [0.4, 0.5) is 0 Å². The van der Waals surface area contributed by atoms with Crippen molar-refractivity contribution in [2.75, 3.05) is 27.4 Å². The van der Waals surface area contributed by atoms with Crippen LogP contribution in [0.3, 0.4) is 0 Å². The zero-order valence-corrected chi connectivity index (χ0v) is 21.1. The first-order valence-corrected chi connectivity index (χ1v) is 11.8. The summed E-state index contributed by atoms with van der Waals surface area (Å²) in [6.45, 7) is 11.2. The molecule has 6 nitrogen and oxygen atoms in total. The number of methoxy groups -OCH3 is 2. The monoisotopic (exact) mass is 451 g/mol. The third-order valence-electron chi connectivity index (χ3n) is 6.31. The number of rotatable bonds is 16. The van der Waals surface area contributed by atoms with Crippen LogP contribution in [0, 0.1) is 23.7 Å². The number of benzene rings is 1. The van der Waals surface area contributed by atoms with Crippen LogP contribution < -0.4 is 15.2 Å². The molecule has 0 aliphatic carbocycles. The molecule has 0 spiro atoms. The fraction of sp³-hybridized carbons (Fsp3) is 0.731. The standard InChI is InChI=1S/C26H45NO5/c1-17(2)21(15-23(27)24(29)16-22(18(3)4)19(5)28)13-20-9-10-25(31-7)26(14-20)32-12-8-11-30-6/h9-10,14,17-18,21-24,29H,8,11-13,15-16,27H2,1-7H3/t21-,22-,23-,24?/m0/s1. The molecule has 0 saturated carbocycles. The van der Waals surface area contributed by atoms with Gasteiger partial charge in [0.1, 0.15) is 5.78 Å². The van der Waals surface area contributed by atoms with Gasteiger partial charge >= 0.3 is 0 Å². The minimum atomic E-state index is -0.692. The molecule has 184 valence electrons. The van der Waals surface area contributed by atoms with Crippen molar-refractivity contribution in [3.63, 3.8) is 0 Å². The largest absolute Gasteiger partial charge is 0.493 e. The SMILES string of the molecule is COCCCOc1cc(C[C@@H](C[C@H](N)C(O)C[C@H](C(C)=O)C(C)C)C(C)C)ccc1OC. The third kappa shape index (κ3) is 9.47. The topological polar surface area (TPSA) is 91.0 Å². The summed E-state index contributed by atoms with van der Waals surface area (Å²) in [6.07, 6.45) is 2.06. The lowest BCUT2D eigenvalue weighted by Crippen LogP contribution is -2.40. The normalized spacial score (nSPS) is 15.5. The average molecular weight is 452 g/mol. The molecule has 0 aromatic heterocycles. The van der Waals surface area contributed by atoms with Gasteiger partial charge in [0.2, 0.25) is 0 Å². The summed E-state index contributed by atoms with van der Waals surface area (Å²) in [5.41, 5.74) is 7.56. The van der Waals surface area contributed by atoms with E-state index in [-0.39, 0.29) is 23.7 Å².